The van der Waals surface area contributed by atoms with Crippen LogP contribution in [0.15, 0.2) is 36.4 Å². The Kier molecular flexibility index (Phi) is 3.80. The molecule has 4 nitrogen and oxygen atoms in total. The van der Waals surface area contributed by atoms with Gasteiger partial charge < -0.3 is 19.9 Å². The third-order valence-electron chi connectivity index (χ3n) is 2.95. The van der Waals surface area contributed by atoms with Crippen molar-refractivity contribution in [2.45, 2.75) is 0 Å². The maximum atomic E-state index is 5.91. The Balaban J connectivity index is 2.44. The van der Waals surface area contributed by atoms with Crippen LogP contribution in [0.3, 0.4) is 0 Å². The van der Waals surface area contributed by atoms with E-state index in [9.17, 15) is 0 Å². The van der Waals surface area contributed by atoms with E-state index in [1.807, 2.05) is 36.4 Å². The molecule has 0 bridgehead atoms. The summed E-state index contributed by atoms with van der Waals surface area (Å²) in [6.07, 6.45) is 0. The molecule has 0 unspecified atom stereocenters. The van der Waals surface area contributed by atoms with Crippen molar-refractivity contribution < 1.29 is 14.2 Å². The number of nitrogens with two attached hydrogens (primary N) is 1. The second kappa shape index (κ2) is 5.52. The van der Waals surface area contributed by atoms with E-state index in [0.717, 1.165) is 11.1 Å². The quantitative estimate of drug-likeness (QED) is 0.858. The van der Waals surface area contributed by atoms with Crippen molar-refractivity contribution in [1.29, 1.82) is 0 Å². The maximum absolute atomic E-state index is 5.91. The predicted octanol–water partition coefficient (Wildman–Crippen LogP) is 2.96. The lowest BCUT2D eigenvalue weighted by molar-refractivity contribution is 0.355. The lowest BCUT2D eigenvalue weighted by Gasteiger charge is -2.11. The summed E-state index contributed by atoms with van der Waals surface area (Å²) in [6, 6.07) is 11.4. The number of anilines is 1. The zero-order valence-corrected chi connectivity index (χ0v) is 11.3. The Bertz CT molecular complexity index is 582. The van der Waals surface area contributed by atoms with Crippen LogP contribution in [0.4, 0.5) is 5.69 Å². The molecule has 2 aromatic carbocycles. The standard InChI is InChI=1S/C15H17NO3/c1-17-13-6-4-10(8-12(13)16)11-5-7-14(18-2)15(9-11)19-3/h4-9H,16H2,1-3H3. The van der Waals surface area contributed by atoms with Crippen LogP contribution in [0.25, 0.3) is 11.1 Å². The highest BCUT2D eigenvalue weighted by Gasteiger charge is 2.07. The number of hydrogen-bond donors (Lipinski definition) is 1. The van der Waals surface area contributed by atoms with Gasteiger partial charge in [-0.1, -0.05) is 12.1 Å². The van der Waals surface area contributed by atoms with Crippen LogP contribution in [-0.2, 0) is 0 Å². The van der Waals surface area contributed by atoms with Crippen LogP contribution >= 0.6 is 0 Å². The molecule has 2 N–H and O–H groups in total. The lowest BCUT2D eigenvalue weighted by atomic mass is 10.0. The molecule has 2 rings (SSSR count). The highest BCUT2D eigenvalue weighted by Crippen LogP contribution is 2.34. The van der Waals surface area contributed by atoms with E-state index in [4.69, 9.17) is 19.9 Å². The van der Waals surface area contributed by atoms with Crippen molar-refractivity contribution >= 4 is 5.69 Å². The largest absolute Gasteiger partial charge is 0.495 e. The van der Waals surface area contributed by atoms with Gasteiger partial charge in [0.15, 0.2) is 11.5 Å². The van der Waals surface area contributed by atoms with E-state index in [1.165, 1.54) is 0 Å². The second-order valence-electron chi connectivity index (χ2n) is 4.03. The van der Waals surface area contributed by atoms with Gasteiger partial charge in [0.25, 0.3) is 0 Å². The van der Waals surface area contributed by atoms with Crippen LogP contribution < -0.4 is 19.9 Å². The highest BCUT2D eigenvalue weighted by molar-refractivity contribution is 5.72. The van der Waals surface area contributed by atoms with Crippen LogP contribution in [-0.4, -0.2) is 21.3 Å². The summed E-state index contributed by atoms with van der Waals surface area (Å²) in [5.41, 5.74) is 8.53. The first kappa shape index (κ1) is 13.1. The van der Waals surface area contributed by atoms with Crippen molar-refractivity contribution in [3.63, 3.8) is 0 Å². The molecule has 0 heterocycles. The normalized spacial score (nSPS) is 10.1. The summed E-state index contributed by atoms with van der Waals surface area (Å²) in [7, 11) is 4.83. The molecule has 0 saturated carbocycles. The summed E-state index contributed by atoms with van der Waals surface area (Å²) in [6.45, 7) is 0. The van der Waals surface area contributed by atoms with Crippen LogP contribution in [0.1, 0.15) is 0 Å². The first-order chi connectivity index (χ1) is 9.19. The van der Waals surface area contributed by atoms with Crippen LogP contribution in [0.2, 0.25) is 0 Å². The van der Waals surface area contributed by atoms with Crippen molar-refractivity contribution in [3.05, 3.63) is 36.4 Å². The smallest absolute Gasteiger partial charge is 0.161 e. The minimum absolute atomic E-state index is 0.606. The molecule has 0 atom stereocenters. The Morgan fingerprint density at radius 1 is 0.684 bits per heavy atom. The fourth-order valence-electron chi connectivity index (χ4n) is 1.93. The van der Waals surface area contributed by atoms with Gasteiger partial charge in [0.2, 0.25) is 0 Å². The Labute approximate surface area is 112 Å². The molecule has 0 fully saturated rings. The molecular formula is C15H17NO3. The van der Waals surface area contributed by atoms with E-state index in [-0.39, 0.29) is 0 Å². The summed E-state index contributed by atoms with van der Waals surface area (Å²) >= 11 is 0. The summed E-state index contributed by atoms with van der Waals surface area (Å²) in [5, 5.41) is 0. The zero-order chi connectivity index (χ0) is 13.8. The number of benzene rings is 2. The predicted molar refractivity (Wildman–Crippen MR) is 75.9 cm³/mol. The van der Waals surface area contributed by atoms with Gasteiger partial charge >= 0.3 is 0 Å². The van der Waals surface area contributed by atoms with Gasteiger partial charge in [-0.25, -0.2) is 0 Å². The van der Waals surface area contributed by atoms with E-state index in [1.54, 1.807) is 21.3 Å². The minimum atomic E-state index is 0.606. The molecule has 2 aromatic rings. The summed E-state index contributed by atoms with van der Waals surface area (Å²) in [5.74, 6) is 2.06. The van der Waals surface area contributed by atoms with E-state index >= 15 is 0 Å². The molecule has 19 heavy (non-hydrogen) atoms. The SMILES string of the molecule is COc1ccc(-c2ccc(OC)c(OC)c2)cc1N. The first-order valence-corrected chi connectivity index (χ1v) is 5.85. The van der Waals surface area contributed by atoms with E-state index < -0.39 is 0 Å². The number of nitrogen functional groups attached to an aromatic ring is 1. The van der Waals surface area contributed by atoms with E-state index in [0.29, 0.717) is 22.9 Å². The highest BCUT2D eigenvalue weighted by atomic mass is 16.5. The van der Waals surface area contributed by atoms with Crippen molar-refractivity contribution in [1.82, 2.24) is 0 Å². The van der Waals surface area contributed by atoms with Gasteiger partial charge in [-0.3, -0.25) is 0 Å². The van der Waals surface area contributed by atoms with Gasteiger partial charge in [0, 0.05) is 0 Å². The minimum Gasteiger partial charge on any atom is -0.495 e. The third kappa shape index (κ3) is 2.57. The molecule has 0 spiro atoms. The Morgan fingerprint density at radius 3 is 1.74 bits per heavy atom. The zero-order valence-electron chi connectivity index (χ0n) is 11.3. The van der Waals surface area contributed by atoms with Crippen molar-refractivity contribution in [2.24, 2.45) is 0 Å². The molecule has 0 amide bonds. The topological polar surface area (TPSA) is 53.7 Å². The van der Waals surface area contributed by atoms with Crippen molar-refractivity contribution in [2.75, 3.05) is 27.1 Å². The van der Waals surface area contributed by atoms with Crippen molar-refractivity contribution in [3.8, 4) is 28.4 Å². The number of methoxy groups -OCH3 is 3. The molecule has 4 heteroatoms. The number of hydrogen-bond acceptors (Lipinski definition) is 4. The molecule has 0 aliphatic carbocycles. The average Bonchev–Trinajstić information content (AvgIpc) is 2.46. The Morgan fingerprint density at radius 2 is 1.21 bits per heavy atom. The molecule has 0 aliphatic heterocycles. The monoisotopic (exact) mass is 259 g/mol. The van der Waals surface area contributed by atoms with Gasteiger partial charge in [-0.15, -0.1) is 0 Å². The Hall–Kier alpha value is -2.36. The first-order valence-electron chi connectivity index (χ1n) is 5.85. The van der Waals surface area contributed by atoms with Gasteiger partial charge in [-0.05, 0) is 35.4 Å². The summed E-state index contributed by atoms with van der Waals surface area (Å²) in [4.78, 5) is 0. The van der Waals surface area contributed by atoms with Gasteiger partial charge in [0.05, 0.1) is 27.0 Å². The fourth-order valence-corrected chi connectivity index (χ4v) is 1.93. The number of ether oxygens (including phenoxy) is 3. The lowest BCUT2D eigenvalue weighted by Crippen LogP contribution is -1.93. The fraction of sp³-hybridized carbons (Fsp3) is 0.200. The molecule has 0 saturated heterocycles. The molecule has 0 aromatic heterocycles. The van der Waals surface area contributed by atoms with Gasteiger partial charge in [0.1, 0.15) is 5.75 Å². The van der Waals surface area contributed by atoms with Crippen LogP contribution in [0.5, 0.6) is 17.2 Å². The second-order valence-corrected chi connectivity index (χ2v) is 4.03. The molecule has 0 aliphatic rings. The third-order valence-corrected chi connectivity index (χ3v) is 2.95. The summed E-state index contributed by atoms with van der Waals surface area (Å²) < 4.78 is 15.7. The molecule has 100 valence electrons. The molecular weight excluding hydrogens is 242 g/mol. The van der Waals surface area contributed by atoms with Gasteiger partial charge in [-0.2, -0.15) is 0 Å². The average molecular weight is 259 g/mol. The van der Waals surface area contributed by atoms with Crippen LogP contribution in [0, 0.1) is 0 Å². The maximum Gasteiger partial charge on any atom is 0.161 e. The number of rotatable bonds is 4. The molecule has 0 radical (unpaired) electrons. The van der Waals surface area contributed by atoms with E-state index in [2.05, 4.69) is 0 Å².